The summed E-state index contributed by atoms with van der Waals surface area (Å²) in [7, 11) is 0. The molecule has 2 amide bonds. The highest BCUT2D eigenvalue weighted by Gasteiger charge is 2.39. The first-order valence-corrected chi connectivity index (χ1v) is 9.02. The second-order valence-electron chi connectivity index (χ2n) is 7.92. The molecule has 6 nitrogen and oxygen atoms in total. The van der Waals surface area contributed by atoms with Gasteiger partial charge in [0.15, 0.2) is 11.4 Å². The Kier molecular flexibility index (Phi) is 3.76. The van der Waals surface area contributed by atoms with Crippen LogP contribution in [0.5, 0.6) is 5.75 Å². The van der Waals surface area contributed by atoms with Gasteiger partial charge in [-0.05, 0) is 64.3 Å². The Bertz CT molecular complexity index is 736. The van der Waals surface area contributed by atoms with Crippen molar-refractivity contribution in [1.82, 2.24) is 10.2 Å². The summed E-state index contributed by atoms with van der Waals surface area (Å²) in [5.74, 6) is 0.718. The predicted molar refractivity (Wildman–Crippen MR) is 94.9 cm³/mol. The van der Waals surface area contributed by atoms with Crippen LogP contribution in [0.15, 0.2) is 12.1 Å². The van der Waals surface area contributed by atoms with Crippen molar-refractivity contribution < 1.29 is 14.3 Å². The summed E-state index contributed by atoms with van der Waals surface area (Å²) >= 11 is 0. The molecule has 0 aromatic heterocycles. The lowest BCUT2D eigenvalue weighted by molar-refractivity contribution is -0.129. The number of hydrogen-bond acceptors (Lipinski definition) is 4. The van der Waals surface area contributed by atoms with E-state index in [1.807, 2.05) is 13.0 Å². The molecule has 5 rings (SSSR count). The average Bonchev–Trinajstić information content (AvgIpc) is 2.58. The minimum atomic E-state index is -0.995. The van der Waals surface area contributed by atoms with Gasteiger partial charge in [0.1, 0.15) is 0 Å². The van der Waals surface area contributed by atoms with Gasteiger partial charge in [-0.2, -0.15) is 0 Å². The van der Waals surface area contributed by atoms with Gasteiger partial charge in [-0.1, -0.05) is 6.07 Å². The molecule has 0 spiro atoms. The van der Waals surface area contributed by atoms with E-state index in [9.17, 15) is 9.59 Å². The van der Waals surface area contributed by atoms with Gasteiger partial charge in [-0.15, -0.1) is 0 Å². The molecule has 1 unspecified atom stereocenters. The molecule has 2 N–H and O–H groups in total. The molecule has 1 aromatic carbocycles. The number of anilines is 1. The molecule has 3 fully saturated rings. The molecule has 6 heteroatoms. The van der Waals surface area contributed by atoms with Gasteiger partial charge < -0.3 is 20.3 Å². The molecule has 0 saturated carbocycles. The van der Waals surface area contributed by atoms with Crippen LogP contribution in [-0.4, -0.2) is 48.0 Å². The van der Waals surface area contributed by atoms with Crippen LogP contribution in [0.25, 0.3) is 0 Å². The molecule has 0 aliphatic carbocycles. The zero-order valence-corrected chi connectivity index (χ0v) is 15.0. The number of rotatable bonds is 2. The molecular formula is C19H25N3O3. The van der Waals surface area contributed by atoms with Crippen LogP contribution in [-0.2, 0) is 4.79 Å². The van der Waals surface area contributed by atoms with Gasteiger partial charge in [0, 0.05) is 12.6 Å². The molecular weight excluding hydrogens is 318 g/mol. The van der Waals surface area contributed by atoms with E-state index in [0.717, 1.165) is 38.0 Å². The Morgan fingerprint density at radius 3 is 2.68 bits per heavy atom. The first-order chi connectivity index (χ1) is 11.8. The standard InChI is InChI=1S/C19H25N3O3/c1-11-4-5-13(16-15(11)21-18(24)19(2,3)25-16)17(23)20-14-10-22-8-6-12(14)7-9-22/h4-5,12,14H,6-10H2,1-3H3,(H,20,23)(H,21,24). The largest absolute Gasteiger partial charge is 0.475 e. The zero-order chi connectivity index (χ0) is 17.8. The number of fused-ring (bicyclic) bond motifs is 4. The van der Waals surface area contributed by atoms with Crippen LogP contribution in [0.1, 0.15) is 42.6 Å². The summed E-state index contributed by atoms with van der Waals surface area (Å²) in [6, 6.07) is 3.84. The summed E-state index contributed by atoms with van der Waals surface area (Å²) < 4.78 is 5.93. The highest BCUT2D eigenvalue weighted by molar-refractivity contribution is 6.06. The van der Waals surface area contributed by atoms with Gasteiger partial charge in [0.25, 0.3) is 11.8 Å². The van der Waals surface area contributed by atoms with Gasteiger partial charge >= 0.3 is 0 Å². The monoisotopic (exact) mass is 343 g/mol. The van der Waals surface area contributed by atoms with Gasteiger partial charge in [-0.25, -0.2) is 0 Å². The Morgan fingerprint density at radius 1 is 1.32 bits per heavy atom. The molecule has 0 radical (unpaired) electrons. The third kappa shape index (κ3) is 2.78. The van der Waals surface area contributed by atoms with E-state index in [1.54, 1.807) is 19.9 Å². The number of nitrogens with one attached hydrogen (secondary N) is 2. The van der Waals surface area contributed by atoms with E-state index in [1.165, 1.54) is 0 Å². The Labute approximate surface area is 147 Å². The quantitative estimate of drug-likeness (QED) is 0.861. The number of ether oxygens (including phenoxy) is 1. The molecule has 1 aromatic rings. The van der Waals surface area contributed by atoms with Crippen molar-refractivity contribution in [2.75, 3.05) is 25.0 Å². The summed E-state index contributed by atoms with van der Waals surface area (Å²) in [4.78, 5) is 27.5. The van der Waals surface area contributed by atoms with Gasteiger partial charge in [0.2, 0.25) is 0 Å². The van der Waals surface area contributed by atoms with E-state index in [0.29, 0.717) is 22.9 Å². The number of carbonyl (C=O) groups is 2. The van der Waals surface area contributed by atoms with Crippen molar-refractivity contribution >= 4 is 17.5 Å². The number of aryl methyl sites for hydroxylation is 1. The summed E-state index contributed by atoms with van der Waals surface area (Å²) in [6.07, 6.45) is 2.30. The fourth-order valence-electron chi connectivity index (χ4n) is 4.06. The van der Waals surface area contributed by atoms with E-state index in [2.05, 4.69) is 15.5 Å². The zero-order valence-electron chi connectivity index (χ0n) is 15.0. The maximum atomic E-state index is 12.9. The molecule has 1 atom stereocenters. The number of nitrogens with zero attached hydrogens (tertiary/aromatic N) is 1. The highest BCUT2D eigenvalue weighted by Crippen LogP contribution is 2.39. The third-order valence-corrected chi connectivity index (χ3v) is 5.73. The van der Waals surface area contributed by atoms with E-state index in [-0.39, 0.29) is 17.9 Å². The maximum absolute atomic E-state index is 12.9. The van der Waals surface area contributed by atoms with Crippen molar-refractivity contribution in [3.8, 4) is 5.75 Å². The number of carbonyl (C=O) groups excluding carboxylic acids is 2. The number of piperidine rings is 3. The van der Waals surface area contributed by atoms with Crippen molar-refractivity contribution in [2.45, 2.75) is 45.3 Å². The summed E-state index contributed by atoms with van der Waals surface area (Å²) in [5.41, 5.74) is 0.986. The Hall–Kier alpha value is -2.08. The van der Waals surface area contributed by atoms with Gasteiger partial charge in [0.05, 0.1) is 11.3 Å². The predicted octanol–water partition coefficient (Wildman–Crippen LogP) is 1.93. The number of hydrogen-bond donors (Lipinski definition) is 2. The second kappa shape index (κ2) is 5.73. The van der Waals surface area contributed by atoms with Crippen molar-refractivity contribution in [2.24, 2.45) is 5.92 Å². The normalized spacial score (nSPS) is 29.4. The van der Waals surface area contributed by atoms with Crippen molar-refractivity contribution in [1.29, 1.82) is 0 Å². The average molecular weight is 343 g/mol. The van der Waals surface area contributed by atoms with Crippen molar-refractivity contribution in [3.05, 3.63) is 23.3 Å². The van der Waals surface area contributed by atoms with E-state index < -0.39 is 5.60 Å². The third-order valence-electron chi connectivity index (χ3n) is 5.73. The van der Waals surface area contributed by atoms with Crippen LogP contribution < -0.4 is 15.4 Å². The second-order valence-corrected chi connectivity index (χ2v) is 7.92. The lowest BCUT2D eigenvalue weighted by Gasteiger charge is -2.45. The molecule has 134 valence electrons. The summed E-state index contributed by atoms with van der Waals surface area (Å²) in [5, 5.41) is 6.09. The molecule has 2 bridgehead atoms. The lowest BCUT2D eigenvalue weighted by atomic mass is 9.84. The fraction of sp³-hybridized carbons (Fsp3) is 0.579. The molecule has 4 heterocycles. The minimum absolute atomic E-state index is 0.123. The Balaban J connectivity index is 1.61. The molecule has 3 saturated heterocycles. The van der Waals surface area contributed by atoms with Crippen LogP contribution in [0.2, 0.25) is 0 Å². The SMILES string of the molecule is Cc1ccc(C(=O)NC2CN3CCC2CC3)c2c1NC(=O)C(C)(C)O2. The molecule has 4 aliphatic rings. The van der Waals surface area contributed by atoms with Crippen molar-refractivity contribution in [3.63, 3.8) is 0 Å². The summed E-state index contributed by atoms with van der Waals surface area (Å²) in [6.45, 7) is 8.52. The maximum Gasteiger partial charge on any atom is 0.268 e. The Morgan fingerprint density at radius 2 is 2.04 bits per heavy atom. The number of amides is 2. The van der Waals surface area contributed by atoms with Crippen LogP contribution in [0.4, 0.5) is 5.69 Å². The lowest BCUT2D eigenvalue weighted by Crippen LogP contribution is -2.57. The van der Waals surface area contributed by atoms with Crippen LogP contribution in [0, 0.1) is 12.8 Å². The number of benzene rings is 1. The first kappa shape index (κ1) is 16.4. The first-order valence-electron chi connectivity index (χ1n) is 9.02. The van der Waals surface area contributed by atoms with Crippen LogP contribution in [0.3, 0.4) is 0 Å². The topological polar surface area (TPSA) is 70.7 Å². The highest BCUT2D eigenvalue weighted by atomic mass is 16.5. The smallest absolute Gasteiger partial charge is 0.268 e. The molecule has 25 heavy (non-hydrogen) atoms. The van der Waals surface area contributed by atoms with Crippen LogP contribution >= 0.6 is 0 Å². The van der Waals surface area contributed by atoms with E-state index in [4.69, 9.17) is 4.74 Å². The molecule has 4 aliphatic heterocycles. The minimum Gasteiger partial charge on any atom is -0.475 e. The fourth-order valence-corrected chi connectivity index (χ4v) is 4.06. The van der Waals surface area contributed by atoms with Gasteiger partial charge in [-0.3, -0.25) is 9.59 Å². The van der Waals surface area contributed by atoms with E-state index >= 15 is 0 Å².